The minimum Gasteiger partial charge on any atom is -0.465 e. The number of carboxylic acid groups (broad SMARTS) is 1. The third kappa shape index (κ3) is 7.45. The van der Waals surface area contributed by atoms with Crippen molar-refractivity contribution in [3.05, 3.63) is 0 Å². The fraction of sp³-hybridized carbons (Fsp3) is 0.815. The monoisotopic (exact) mass is 554 g/mol. The lowest BCUT2D eigenvalue weighted by molar-refractivity contribution is -0.144. The Bertz CT molecular complexity index is 972. The minimum atomic E-state index is -3.10. The van der Waals surface area contributed by atoms with Crippen molar-refractivity contribution < 1.29 is 37.9 Å². The predicted octanol–water partition coefficient (Wildman–Crippen LogP) is 2.74. The van der Waals surface area contributed by atoms with Gasteiger partial charge in [0, 0.05) is 19.0 Å². The first-order valence-electron chi connectivity index (χ1n) is 14.2. The van der Waals surface area contributed by atoms with Crippen LogP contribution < -0.4 is 16.0 Å². The van der Waals surface area contributed by atoms with E-state index in [4.69, 9.17) is 0 Å². The van der Waals surface area contributed by atoms with Gasteiger partial charge < -0.3 is 26.0 Å². The fourth-order valence-electron chi connectivity index (χ4n) is 6.23. The molecule has 3 saturated carbocycles. The van der Waals surface area contributed by atoms with Crippen molar-refractivity contribution in [2.75, 3.05) is 6.54 Å². The quantitative estimate of drug-likeness (QED) is 0.289. The molecule has 0 radical (unpaired) electrons. The molecule has 0 aromatic heterocycles. The maximum atomic E-state index is 13.8. The summed E-state index contributed by atoms with van der Waals surface area (Å²) in [6, 6.07) is -3.55. The maximum Gasteiger partial charge on any atom is 0.405 e. The summed E-state index contributed by atoms with van der Waals surface area (Å²) in [7, 11) is 0. The van der Waals surface area contributed by atoms with Gasteiger partial charge in [0.05, 0.1) is 6.04 Å². The van der Waals surface area contributed by atoms with Crippen molar-refractivity contribution in [3.8, 4) is 0 Å². The summed E-state index contributed by atoms with van der Waals surface area (Å²) in [6.07, 6.45) is 6.22. The van der Waals surface area contributed by atoms with Gasteiger partial charge in [-0.2, -0.15) is 0 Å². The molecule has 4 N–H and O–H groups in total. The SMILES string of the molecule is CC(F)(F)CC[C@H](NC(=O)[C@@H]1CC2(CCCCC2)CN1C(=O)C(NC(=O)O)C1CCC1)C(=O)C(=O)NC1CC1. The number of nitrogens with zero attached hydrogens (tertiary/aromatic N) is 1. The molecule has 4 rings (SSSR count). The van der Waals surface area contributed by atoms with Crippen LogP contribution in [0.2, 0.25) is 0 Å². The second-order valence-corrected chi connectivity index (χ2v) is 12.1. The van der Waals surface area contributed by atoms with Crippen LogP contribution in [0.4, 0.5) is 13.6 Å². The van der Waals surface area contributed by atoms with E-state index in [0.29, 0.717) is 32.7 Å². The molecule has 1 aliphatic heterocycles. The maximum absolute atomic E-state index is 13.8. The normalized spacial score (nSPS) is 24.4. The van der Waals surface area contributed by atoms with E-state index in [0.717, 1.165) is 51.4 Å². The zero-order valence-corrected chi connectivity index (χ0v) is 22.5. The molecule has 4 amide bonds. The Labute approximate surface area is 227 Å². The molecule has 0 bridgehead atoms. The first-order chi connectivity index (χ1) is 18.4. The molecule has 3 atom stereocenters. The van der Waals surface area contributed by atoms with E-state index in [1.807, 2.05) is 0 Å². The fourth-order valence-corrected chi connectivity index (χ4v) is 6.23. The Morgan fingerprint density at radius 3 is 2.21 bits per heavy atom. The number of amides is 4. The molecule has 1 unspecified atom stereocenters. The number of hydrogen-bond acceptors (Lipinski definition) is 5. The number of halogens is 2. The van der Waals surface area contributed by atoms with Gasteiger partial charge >= 0.3 is 6.09 Å². The van der Waals surface area contributed by atoms with Crippen LogP contribution in [0.25, 0.3) is 0 Å². The number of Topliss-reactive ketones (excluding diaryl/α,β-unsaturated/α-hetero) is 1. The summed E-state index contributed by atoms with van der Waals surface area (Å²) < 4.78 is 27.4. The molecule has 1 spiro atoms. The third-order valence-electron chi connectivity index (χ3n) is 8.82. The van der Waals surface area contributed by atoms with Crippen LogP contribution in [-0.2, 0) is 19.2 Å². The highest BCUT2D eigenvalue weighted by Crippen LogP contribution is 2.47. The number of rotatable bonds is 11. The van der Waals surface area contributed by atoms with E-state index in [2.05, 4.69) is 16.0 Å². The van der Waals surface area contributed by atoms with Crippen LogP contribution in [0.15, 0.2) is 0 Å². The summed E-state index contributed by atoms with van der Waals surface area (Å²) >= 11 is 0. The molecule has 39 heavy (non-hydrogen) atoms. The van der Waals surface area contributed by atoms with E-state index in [1.165, 1.54) is 4.90 Å². The molecule has 1 heterocycles. The van der Waals surface area contributed by atoms with Gasteiger partial charge in [0.2, 0.25) is 23.5 Å². The lowest BCUT2D eigenvalue weighted by atomic mass is 9.72. The Morgan fingerprint density at radius 2 is 1.67 bits per heavy atom. The molecule has 3 aliphatic carbocycles. The lowest BCUT2D eigenvalue weighted by Gasteiger charge is -2.37. The van der Waals surface area contributed by atoms with Gasteiger partial charge in [-0.15, -0.1) is 0 Å². The molecule has 0 aromatic carbocycles. The summed E-state index contributed by atoms with van der Waals surface area (Å²) in [6.45, 7) is 1.00. The number of alkyl halides is 2. The highest BCUT2D eigenvalue weighted by atomic mass is 19.3. The molecular weight excluding hydrogens is 514 g/mol. The van der Waals surface area contributed by atoms with Gasteiger partial charge in [0.1, 0.15) is 12.1 Å². The topological polar surface area (TPSA) is 145 Å². The highest BCUT2D eigenvalue weighted by molar-refractivity contribution is 6.38. The summed E-state index contributed by atoms with van der Waals surface area (Å²) in [5, 5.41) is 16.8. The standard InChI is InChI=1S/C27H40F2N4O6/c1-26(28,29)13-10-18(21(34)23(36)30-17-8-9-17)31-22(35)19-14-27(11-3-2-4-12-27)15-33(19)24(37)20(32-25(38)39)16-6-5-7-16/h16-20,32H,2-15H2,1H3,(H,30,36)(H,31,35)(H,38,39)/t18-,19-,20?/m0/s1. The van der Waals surface area contributed by atoms with Crippen LogP contribution in [-0.4, -0.2) is 76.2 Å². The first-order valence-corrected chi connectivity index (χ1v) is 14.2. The number of likely N-dealkylation sites (tertiary alicyclic amines) is 1. The largest absolute Gasteiger partial charge is 0.465 e. The van der Waals surface area contributed by atoms with Gasteiger partial charge in [-0.05, 0) is 69.6 Å². The van der Waals surface area contributed by atoms with Crippen LogP contribution in [0, 0.1) is 11.3 Å². The number of ketones is 1. The molecule has 12 heteroatoms. The van der Waals surface area contributed by atoms with Crippen molar-refractivity contribution >= 4 is 29.6 Å². The first kappa shape index (κ1) is 29.2. The Hall–Kier alpha value is -2.79. The molecule has 0 aromatic rings. The van der Waals surface area contributed by atoms with Gasteiger partial charge in [0.15, 0.2) is 0 Å². The predicted molar refractivity (Wildman–Crippen MR) is 136 cm³/mol. The molecule has 1 saturated heterocycles. The Kier molecular flexibility index (Phi) is 8.80. The molecule has 4 fully saturated rings. The van der Waals surface area contributed by atoms with Gasteiger partial charge in [0.25, 0.3) is 5.91 Å². The van der Waals surface area contributed by atoms with E-state index >= 15 is 0 Å². The molecular formula is C27H40F2N4O6. The average Bonchev–Trinajstić information content (AvgIpc) is 3.57. The number of carbonyl (C=O) groups excluding carboxylic acids is 4. The van der Waals surface area contributed by atoms with Crippen molar-refractivity contribution in [2.24, 2.45) is 11.3 Å². The van der Waals surface area contributed by atoms with E-state index < -0.39 is 66.5 Å². The second-order valence-electron chi connectivity index (χ2n) is 12.1. The van der Waals surface area contributed by atoms with E-state index in [9.17, 15) is 37.9 Å². The van der Waals surface area contributed by atoms with Gasteiger partial charge in [-0.1, -0.05) is 25.7 Å². The summed E-state index contributed by atoms with van der Waals surface area (Å²) in [5.74, 6) is -6.31. The van der Waals surface area contributed by atoms with E-state index in [-0.39, 0.29) is 17.4 Å². The summed E-state index contributed by atoms with van der Waals surface area (Å²) in [5.41, 5.74) is -0.303. The third-order valence-corrected chi connectivity index (χ3v) is 8.82. The van der Waals surface area contributed by atoms with Crippen LogP contribution in [0.1, 0.15) is 90.4 Å². The second kappa shape index (κ2) is 11.8. The van der Waals surface area contributed by atoms with Crippen molar-refractivity contribution in [1.82, 2.24) is 20.9 Å². The van der Waals surface area contributed by atoms with Gasteiger partial charge in [-0.3, -0.25) is 19.2 Å². The minimum absolute atomic E-state index is 0.121. The molecule has 10 nitrogen and oxygen atoms in total. The Balaban J connectivity index is 1.55. The smallest absolute Gasteiger partial charge is 0.405 e. The Morgan fingerprint density at radius 1 is 1.00 bits per heavy atom. The van der Waals surface area contributed by atoms with Crippen molar-refractivity contribution in [1.29, 1.82) is 0 Å². The lowest BCUT2D eigenvalue weighted by Crippen LogP contribution is -2.58. The number of hydrogen-bond donors (Lipinski definition) is 4. The molecule has 4 aliphatic rings. The van der Waals surface area contributed by atoms with Crippen molar-refractivity contribution in [2.45, 2.75) is 120 Å². The average molecular weight is 555 g/mol. The van der Waals surface area contributed by atoms with Crippen molar-refractivity contribution in [3.63, 3.8) is 0 Å². The zero-order chi connectivity index (χ0) is 28.4. The highest BCUT2D eigenvalue weighted by Gasteiger charge is 2.51. The molecule has 218 valence electrons. The number of nitrogens with one attached hydrogen (secondary N) is 3. The zero-order valence-electron chi connectivity index (χ0n) is 22.5. The van der Waals surface area contributed by atoms with Crippen LogP contribution >= 0.6 is 0 Å². The van der Waals surface area contributed by atoms with Crippen LogP contribution in [0.3, 0.4) is 0 Å². The van der Waals surface area contributed by atoms with E-state index in [1.54, 1.807) is 0 Å². The summed E-state index contributed by atoms with van der Waals surface area (Å²) in [4.78, 5) is 65.7. The number of carbonyl (C=O) groups is 5. The van der Waals surface area contributed by atoms with Gasteiger partial charge in [-0.25, -0.2) is 13.6 Å². The van der Waals surface area contributed by atoms with Crippen LogP contribution in [0.5, 0.6) is 0 Å².